The molecule has 1 aromatic carbocycles. The quantitative estimate of drug-likeness (QED) is 0.241. The third kappa shape index (κ3) is 5.98. The summed E-state index contributed by atoms with van der Waals surface area (Å²) in [6.07, 6.45) is 0.894. The SMILES string of the molecule is I.NC(=NCc1cccc([N+](=O)[O-])c1)NCCc1cccs1. The minimum Gasteiger partial charge on any atom is -0.370 e. The number of non-ortho nitro benzene ring substituents is 1. The minimum absolute atomic E-state index is 0. The number of nitro benzene ring substituents is 1. The molecule has 0 atom stereocenters. The lowest BCUT2D eigenvalue weighted by atomic mass is 10.2. The number of aliphatic imine (C=N–C) groups is 1. The van der Waals surface area contributed by atoms with Crippen LogP contribution in [0.5, 0.6) is 0 Å². The fourth-order valence-electron chi connectivity index (χ4n) is 1.77. The first kappa shape index (κ1) is 18.4. The van der Waals surface area contributed by atoms with Crippen LogP contribution in [0, 0.1) is 10.1 Å². The summed E-state index contributed by atoms with van der Waals surface area (Å²) in [5, 5.41) is 15.7. The van der Waals surface area contributed by atoms with E-state index in [4.69, 9.17) is 5.73 Å². The van der Waals surface area contributed by atoms with E-state index in [1.165, 1.54) is 17.0 Å². The third-order valence-electron chi connectivity index (χ3n) is 2.81. The summed E-state index contributed by atoms with van der Waals surface area (Å²) in [5.74, 6) is 0.345. The van der Waals surface area contributed by atoms with Crippen molar-refractivity contribution in [1.29, 1.82) is 0 Å². The van der Waals surface area contributed by atoms with E-state index in [0.29, 0.717) is 19.0 Å². The number of nitrogens with one attached hydrogen (secondary N) is 1. The molecule has 3 N–H and O–H groups in total. The summed E-state index contributed by atoms with van der Waals surface area (Å²) in [6, 6.07) is 10.5. The Kier molecular flexibility index (Phi) is 7.82. The molecule has 0 fully saturated rings. The van der Waals surface area contributed by atoms with Crippen LogP contribution in [0.4, 0.5) is 5.69 Å². The lowest BCUT2D eigenvalue weighted by molar-refractivity contribution is -0.384. The van der Waals surface area contributed by atoms with E-state index in [0.717, 1.165) is 12.0 Å². The normalized spacial score (nSPS) is 10.8. The molecule has 0 spiro atoms. The highest BCUT2D eigenvalue weighted by Gasteiger charge is 2.05. The Morgan fingerprint density at radius 3 is 2.86 bits per heavy atom. The molecule has 1 aromatic heterocycles. The highest BCUT2D eigenvalue weighted by molar-refractivity contribution is 14.0. The average molecular weight is 432 g/mol. The number of nitrogens with zero attached hydrogens (tertiary/aromatic N) is 2. The van der Waals surface area contributed by atoms with Gasteiger partial charge in [-0.15, -0.1) is 35.3 Å². The number of guanidine groups is 1. The van der Waals surface area contributed by atoms with Crippen LogP contribution in [0.15, 0.2) is 46.8 Å². The van der Waals surface area contributed by atoms with Gasteiger partial charge in [0.1, 0.15) is 0 Å². The van der Waals surface area contributed by atoms with E-state index in [1.807, 2.05) is 11.4 Å². The van der Waals surface area contributed by atoms with Crippen molar-refractivity contribution in [3.63, 3.8) is 0 Å². The van der Waals surface area contributed by atoms with Crippen molar-refractivity contribution < 1.29 is 4.92 Å². The number of hydrogen-bond acceptors (Lipinski definition) is 4. The third-order valence-corrected chi connectivity index (χ3v) is 3.75. The molecule has 0 unspecified atom stereocenters. The van der Waals surface area contributed by atoms with E-state index in [9.17, 15) is 10.1 Å². The first-order valence-corrected chi connectivity index (χ1v) is 7.32. The van der Waals surface area contributed by atoms with Gasteiger partial charge in [-0.2, -0.15) is 0 Å². The molecule has 1 heterocycles. The number of benzene rings is 1. The first-order chi connectivity index (χ1) is 10.1. The Hall–Kier alpha value is -1.68. The maximum Gasteiger partial charge on any atom is 0.269 e. The lowest BCUT2D eigenvalue weighted by Gasteiger charge is -2.04. The zero-order chi connectivity index (χ0) is 15.1. The largest absolute Gasteiger partial charge is 0.370 e. The number of nitrogens with two attached hydrogens (primary N) is 1. The molecule has 22 heavy (non-hydrogen) atoms. The molecular weight excluding hydrogens is 415 g/mol. The van der Waals surface area contributed by atoms with Crippen molar-refractivity contribution in [1.82, 2.24) is 5.32 Å². The van der Waals surface area contributed by atoms with Gasteiger partial charge in [0.25, 0.3) is 5.69 Å². The van der Waals surface area contributed by atoms with E-state index >= 15 is 0 Å². The minimum atomic E-state index is -0.421. The second-order valence-corrected chi connectivity index (χ2v) is 5.42. The first-order valence-electron chi connectivity index (χ1n) is 6.44. The van der Waals surface area contributed by atoms with E-state index in [1.54, 1.807) is 23.5 Å². The van der Waals surface area contributed by atoms with Gasteiger partial charge in [0.05, 0.1) is 11.5 Å². The Labute approximate surface area is 149 Å². The predicted octanol–water partition coefficient (Wildman–Crippen LogP) is 2.92. The molecule has 0 bridgehead atoms. The summed E-state index contributed by atoms with van der Waals surface area (Å²) < 4.78 is 0. The molecule has 0 aliphatic carbocycles. The standard InChI is InChI=1S/C14H16N4O2S.HI/c15-14(16-7-6-13-5-2-8-21-13)17-10-11-3-1-4-12(9-11)18(19)20;/h1-5,8-9H,6-7,10H2,(H3,15,16,17);1H. The van der Waals surface area contributed by atoms with Crippen LogP contribution < -0.4 is 11.1 Å². The van der Waals surface area contributed by atoms with Crippen LogP contribution >= 0.6 is 35.3 Å². The summed E-state index contributed by atoms with van der Waals surface area (Å²) in [6.45, 7) is 1.03. The maximum atomic E-state index is 10.7. The molecular formula is C14H17IN4O2S. The smallest absolute Gasteiger partial charge is 0.269 e. The number of nitro groups is 1. The van der Waals surface area contributed by atoms with Crippen LogP contribution in [0.25, 0.3) is 0 Å². The molecule has 0 saturated carbocycles. The highest BCUT2D eigenvalue weighted by atomic mass is 127. The van der Waals surface area contributed by atoms with Gasteiger partial charge in [0.15, 0.2) is 5.96 Å². The van der Waals surface area contributed by atoms with Crippen molar-refractivity contribution in [2.24, 2.45) is 10.7 Å². The molecule has 8 heteroatoms. The molecule has 0 saturated heterocycles. The van der Waals surface area contributed by atoms with Crippen molar-refractivity contribution in [3.05, 3.63) is 62.3 Å². The van der Waals surface area contributed by atoms with Gasteiger partial charge < -0.3 is 11.1 Å². The van der Waals surface area contributed by atoms with E-state index in [-0.39, 0.29) is 29.7 Å². The fraction of sp³-hybridized carbons (Fsp3) is 0.214. The predicted molar refractivity (Wildman–Crippen MR) is 99.9 cm³/mol. The van der Waals surface area contributed by atoms with Gasteiger partial charge in [0, 0.05) is 23.6 Å². The second-order valence-electron chi connectivity index (χ2n) is 4.38. The summed E-state index contributed by atoms with van der Waals surface area (Å²) in [7, 11) is 0. The Morgan fingerprint density at radius 2 is 2.18 bits per heavy atom. The van der Waals surface area contributed by atoms with Gasteiger partial charge >= 0.3 is 0 Å². The number of halogens is 1. The molecule has 0 aliphatic rings. The number of thiophene rings is 1. The monoisotopic (exact) mass is 432 g/mol. The van der Waals surface area contributed by atoms with Crippen LogP contribution in [-0.4, -0.2) is 17.4 Å². The summed E-state index contributed by atoms with van der Waals surface area (Å²) in [5.41, 5.74) is 6.59. The van der Waals surface area contributed by atoms with Crippen molar-refractivity contribution in [2.75, 3.05) is 6.54 Å². The molecule has 6 nitrogen and oxygen atoms in total. The molecule has 0 amide bonds. The summed E-state index contributed by atoms with van der Waals surface area (Å²) in [4.78, 5) is 15.7. The Balaban J connectivity index is 0.00000242. The summed E-state index contributed by atoms with van der Waals surface area (Å²) >= 11 is 1.70. The van der Waals surface area contributed by atoms with Gasteiger partial charge in [-0.1, -0.05) is 18.2 Å². The van der Waals surface area contributed by atoms with Crippen molar-refractivity contribution in [3.8, 4) is 0 Å². The lowest BCUT2D eigenvalue weighted by Crippen LogP contribution is -2.33. The van der Waals surface area contributed by atoms with Crippen LogP contribution in [0.1, 0.15) is 10.4 Å². The van der Waals surface area contributed by atoms with Crippen LogP contribution in [0.3, 0.4) is 0 Å². The van der Waals surface area contributed by atoms with Crippen LogP contribution in [-0.2, 0) is 13.0 Å². The van der Waals surface area contributed by atoms with E-state index < -0.39 is 4.92 Å². The molecule has 0 radical (unpaired) electrons. The molecule has 0 aliphatic heterocycles. The molecule has 118 valence electrons. The number of hydrogen-bond donors (Lipinski definition) is 2. The second kappa shape index (κ2) is 9.36. The van der Waals surface area contributed by atoms with Gasteiger partial charge in [-0.3, -0.25) is 10.1 Å². The highest BCUT2D eigenvalue weighted by Crippen LogP contribution is 2.13. The van der Waals surface area contributed by atoms with Gasteiger partial charge in [0.2, 0.25) is 0 Å². The Bertz CT molecular complexity index is 632. The van der Waals surface area contributed by atoms with E-state index in [2.05, 4.69) is 16.4 Å². The zero-order valence-electron chi connectivity index (χ0n) is 11.8. The molecule has 2 aromatic rings. The zero-order valence-corrected chi connectivity index (χ0v) is 14.9. The van der Waals surface area contributed by atoms with Crippen molar-refractivity contribution >= 4 is 47.0 Å². The van der Waals surface area contributed by atoms with Crippen LogP contribution in [0.2, 0.25) is 0 Å². The average Bonchev–Trinajstić information content (AvgIpc) is 2.99. The topological polar surface area (TPSA) is 93.5 Å². The Morgan fingerprint density at radius 1 is 1.36 bits per heavy atom. The maximum absolute atomic E-state index is 10.7. The van der Waals surface area contributed by atoms with Gasteiger partial charge in [-0.25, -0.2) is 4.99 Å². The fourth-order valence-corrected chi connectivity index (χ4v) is 2.48. The molecule has 2 rings (SSSR count). The van der Waals surface area contributed by atoms with Crippen molar-refractivity contribution in [2.45, 2.75) is 13.0 Å². The van der Waals surface area contributed by atoms with Gasteiger partial charge in [-0.05, 0) is 23.4 Å². The number of rotatable bonds is 6.